The third-order valence-corrected chi connectivity index (χ3v) is 10.00. The number of pyridine rings is 2. The van der Waals surface area contributed by atoms with Crippen LogP contribution in [-0.4, -0.2) is 86.2 Å². The van der Waals surface area contributed by atoms with Crippen molar-refractivity contribution in [1.82, 2.24) is 20.6 Å². The maximum atomic E-state index is 10.7. The van der Waals surface area contributed by atoms with E-state index >= 15 is 0 Å². The molecular formula is C45H49N5O9. The minimum Gasteiger partial charge on any atom is -0.492 e. The lowest BCUT2D eigenvalue weighted by atomic mass is 9.89. The van der Waals surface area contributed by atoms with Gasteiger partial charge < -0.3 is 50.4 Å². The Balaban J connectivity index is 1.14. The molecule has 1 aliphatic rings. The third kappa shape index (κ3) is 11.8. The first-order valence-corrected chi connectivity index (χ1v) is 19.5. The highest BCUT2D eigenvalue weighted by molar-refractivity contribution is 5.80. The second kappa shape index (κ2) is 20.7. The average molecular weight is 804 g/mol. The van der Waals surface area contributed by atoms with Gasteiger partial charge in [0.15, 0.2) is 6.29 Å². The lowest BCUT2D eigenvalue weighted by Gasteiger charge is -2.18. The third-order valence-electron chi connectivity index (χ3n) is 10.00. The van der Waals surface area contributed by atoms with E-state index in [1.54, 1.807) is 18.3 Å². The Morgan fingerprint density at radius 3 is 2.46 bits per heavy atom. The predicted octanol–water partition coefficient (Wildman–Crippen LogP) is 4.59. The van der Waals surface area contributed by atoms with Gasteiger partial charge in [0.05, 0.1) is 24.2 Å². The number of aliphatic hydroxyl groups excluding tert-OH is 3. The Bertz CT molecular complexity index is 2230. The summed E-state index contributed by atoms with van der Waals surface area (Å²) < 4.78 is 18.6. The number of nitriles is 1. The minimum absolute atomic E-state index is 0.111. The number of benzene rings is 3. The van der Waals surface area contributed by atoms with E-state index in [-0.39, 0.29) is 45.2 Å². The molecule has 2 heterocycles. The number of aromatic nitrogens is 2. The first-order chi connectivity index (χ1) is 28.6. The Hall–Kier alpha value is -5.92. The van der Waals surface area contributed by atoms with Crippen LogP contribution < -0.4 is 24.8 Å². The van der Waals surface area contributed by atoms with Crippen LogP contribution in [0.15, 0.2) is 91.3 Å². The Kier molecular flexibility index (Phi) is 15.0. The fourth-order valence-corrected chi connectivity index (χ4v) is 7.15. The van der Waals surface area contributed by atoms with Gasteiger partial charge in [0.25, 0.3) is 0 Å². The summed E-state index contributed by atoms with van der Waals surface area (Å²) in [7, 11) is 0. The van der Waals surface area contributed by atoms with E-state index in [9.17, 15) is 30.5 Å². The van der Waals surface area contributed by atoms with Gasteiger partial charge in [0.1, 0.15) is 31.1 Å². The first-order valence-electron chi connectivity index (χ1n) is 19.5. The smallest absolute Gasteiger partial charge is 0.306 e. The molecule has 308 valence electrons. The number of rotatable bonds is 21. The molecule has 0 amide bonds. The largest absolute Gasteiger partial charge is 0.492 e. The molecule has 14 heteroatoms. The number of aliphatic hydroxyl groups is 4. The zero-order chi connectivity index (χ0) is 41.7. The van der Waals surface area contributed by atoms with Gasteiger partial charge >= 0.3 is 5.97 Å². The van der Waals surface area contributed by atoms with Gasteiger partial charge in [-0.15, -0.1) is 0 Å². The summed E-state index contributed by atoms with van der Waals surface area (Å²) in [5, 5.41) is 62.4. The second-order valence-electron chi connectivity index (χ2n) is 14.4. The zero-order valence-corrected chi connectivity index (χ0v) is 32.8. The van der Waals surface area contributed by atoms with Crippen LogP contribution in [-0.2, 0) is 24.4 Å². The van der Waals surface area contributed by atoms with Gasteiger partial charge in [-0.3, -0.25) is 9.78 Å². The molecular weight excluding hydrogens is 755 g/mol. The number of hydrogen-bond acceptors (Lipinski definition) is 13. The molecule has 1 aliphatic carbocycles. The molecule has 6 rings (SSSR count). The average Bonchev–Trinajstić information content (AvgIpc) is 3.63. The van der Waals surface area contributed by atoms with Crippen LogP contribution >= 0.6 is 0 Å². The molecule has 0 fully saturated rings. The molecule has 3 atom stereocenters. The number of ether oxygens (including phenoxy) is 3. The molecule has 3 aromatic carbocycles. The molecule has 0 saturated heterocycles. The summed E-state index contributed by atoms with van der Waals surface area (Å²) in [4.78, 5) is 19.6. The molecule has 0 radical (unpaired) electrons. The number of carboxylic acid groups (broad SMARTS) is 1. The van der Waals surface area contributed by atoms with Gasteiger partial charge in [-0.25, -0.2) is 0 Å². The number of fused-ring (bicyclic) bond motifs is 1. The molecule has 5 aromatic rings. The van der Waals surface area contributed by atoms with Crippen molar-refractivity contribution >= 4 is 5.97 Å². The van der Waals surface area contributed by atoms with Crippen molar-refractivity contribution in [3.8, 4) is 45.8 Å². The van der Waals surface area contributed by atoms with Crippen LogP contribution in [0.25, 0.3) is 22.3 Å². The van der Waals surface area contributed by atoms with Crippen LogP contribution in [0.4, 0.5) is 0 Å². The van der Waals surface area contributed by atoms with E-state index in [0.717, 1.165) is 46.2 Å². The molecule has 0 saturated carbocycles. The van der Waals surface area contributed by atoms with Crippen LogP contribution in [0.2, 0.25) is 0 Å². The van der Waals surface area contributed by atoms with Crippen LogP contribution in [0, 0.1) is 18.3 Å². The highest BCUT2D eigenvalue weighted by atomic mass is 16.5. The van der Waals surface area contributed by atoms with Gasteiger partial charge in [-0.1, -0.05) is 48.5 Å². The fourth-order valence-electron chi connectivity index (χ4n) is 7.15. The lowest BCUT2D eigenvalue weighted by molar-refractivity contribution is -0.139. The van der Waals surface area contributed by atoms with E-state index in [4.69, 9.17) is 24.3 Å². The van der Waals surface area contributed by atoms with E-state index in [0.29, 0.717) is 47.4 Å². The molecule has 0 spiro atoms. The van der Waals surface area contributed by atoms with Gasteiger partial charge in [0.2, 0.25) is 11.8 Å². The highest BCUT2D eigenvalue weighted by Crippen LogP contribution is 2.42. The van der Waals surface area contributed by atoms with E-state index in [1.807, 2.05) is 30.3 Å². The maximum Gasteiger partial charge on any atom is 0.306 e. The van der Waals surface area contributed by atoms with E-state index in [1.165, 1.54) is 11.8 Å². The van der Waals surface area contributed by atoms with E-state index < -0.39 is 24.5 Å². The van der Waals surface area contributed by atoms with Crippen molar-refractivity contribution in [3.63, 3.8) is 0 Å². The molecule has 0 aliphatic heterocycles. The number of nitrogens with zero attached hydrogens (tertiary/aromatic N) is 3. The SMILES string of the molecule is Cc1c(-c2ccc(OCCNC[C@@H](O)CC(=O)O)cc2)cccc1-c1cccc2c1CC[C@@H]2Oc1ccc(CNC[C@@H](O)CC(O)O)c(OCc2cncc(C#N)c2)n1. The summed E-state index contributed by atoms with van der Waals surface area (Å²) in [6.45, 7) is 3.67. The van der Waals surface area contributed by atoms with Crippen molar-refractivity contribution in [2.45, 2.75) is 70.4 Å². The van der Waals surface area contributed by atoms with Crippen LogP contribution in [0.5, 0.6) is 17.5 Å². The van der Waals surface area contributed by atoms with Gasteiger partial charge in [-0.2, -0.15) is 10.2 Å². The van der Waals surface area contributed by atoms with Crippen molar-refractivity contribution in [2.75, 3.05) is 26.2 Å². The topological polar surface area (TPSA) is 220 Å². The van der Waals surface area contributed by atoms with Crippen LogP contribution in [0.1, 0.15) is 58.7 Å². The monoisotopic (exact) mass is 803 g/mol. The molecule has 2 aromatic heterocycles. The minimum atomic E-state index is -1.61. The summed E-state index contributed by atoms with van der Waals surface area (Å²) in [5.74, 6) is 0.370. The summed E-state index contributed by atoms with van der Waals surface area (Å²) in [5.41, 5.74) is 9.71. The molecule has 7 N–H and O–H groups in total. The van der Waals surface area contributed by atoms with Crippen molar-refractivity contribution in [3.05, 3.63) is 125 Å². The van der Waals surface area contributed by atoms with Crippen LogP contribution in [0.3, 0.4) is 0 Å². The number of carbonyl (C=O) groups is 1. The molecule has 14 nitrogen and oxygen atoms in total. The Morgan fingerprint density at radius 1 is 0.915 bits per heavy atom. The molecule has 59 heavy (non-hydrogen) atoms. The normalized spacial score (nSPS) is 14.4. The lowest BCUT2D eigenvalue weighted by Crippen LogP contribution is -2.31. The Morgan fingerprint density at radius 2 is 1.68 bits per heavy atom. The summed E-state index contributed by atoms with van der Waals surface area (Å²) >= 11 is 0. The Labute approximate surface area is 342 Å². The van der Waals surface area contributed by atoms with Crippen molar-refractivity contribution in [2.24, 2.45) is 0 Å². The molecule has 0 unspecified atom stereocenters. The van der Waals surface area contributed by atoms with Crippen molar-refractivity contribution in [1.29, 1.82) is 5.26 Å². The summed E-state index contributed by atoms with van der Waals surface area (Å²) in [6.07, 6.45) is 0.435. The number of hydrogen-bond donors (Lipinski definition) is 7. The highest BCUT2D eigenvalue weighted by Gasteiger charge is 2.28. The molecule has 0 bridgehead atoms. The standard InChI is InChI=1S/C45H49N5O9/c1-28-36(31-8-11-35(12-9-31)57-17-16-47-25-33(51)19-43(53)54)4-2-5-37(28)38-6-3-7-40-39(38)13-14-41(40)59-42-15-10-32(24-49-26-34(52)20-44(55)56)45(50-42)58-27-30-18-29(21-46)22-48-23-30/h2-12,15,18,22-23,33-34,41,44,47,49,51-52,55-56H,13-14,16-17,19-20,24-27H2,1H3,(H,53,54)/t33-,34-,41-/m0/s1. The fraction of sp³-hybridized carbons (Fsp3) is 0.333. The number of carboxylic acids is 1. The number of nitrogens with one attached hydrogen (secondary N) is 2. The van der Waals surface area contributed by atoms with Crippen molar-refractivity contribution < 1.29 is 44.5 Å². The maximum absolute atomic E-state index is 10.7. The summed E-state index contributed by atoms with van der Waals surface area (Å²) in [6, 6.07) is 28.0. The van der Waals surface area contributed by atoms with E-state index in [2.05, 4.69) is 65.0 Å². The first kappa shape index (κ1) is 42.7. The van der Waals surface area contributed by atoms with Gasteiger partial charge in [0, 0.05) is 62.2 Å². The van der Waals surface area contributed by atoms with Gasteiger partial charge in [-0.05, 0) is 83.0 Å². The second-order valence-corrected chi connectivity index (χ2v) is 14.4. The quantitative estimate of drug-likeness (QED) is 0.0399. The zero-order valence-electron chi connectivity index (χ0n) is 32.8. The predicted molar refractivity (Wildman–Crippen MR) is 218 cm³/mol. The number of aliphatic carboxylic acids is 1.